The van der Waals surface area contributed by atoms with E-state index in [1.165, 1.54) is 13.2 Å². The molecule has 2 aromatic rings. The standard InChI is InChI=1S/C21H20O5/c1-14-4-10-18(15(2)12-14)19(22)13-26-20(23)11-7-16-5-8-17(9-6-16)21(24)25-3/h4-12H,13H2,1-3H3/b11-7+. The maximum Gasteiger partial charge on any atom is 0.337 e. The van der Waals surface area contributed by atoms with E-state index < -0.39 is 11.9 Å². The van der Waals surface area contributed by atoms with Gasteiger partial charge < -0.3 is 9.47 Å². The van der Waals surface area contributed by atoms with Crippen molar-refractivity contribution in [3.63, 3.8) is 0 Å². The number of hydrogen-bond donors (Lipinski definition) is 0. The summed E-state index contributed by atoms with van der Waals surface area (Å²) in [6.45, 7) is 3.48. The lowest BCUT2D eigenvalue weighted by atomic mass is 10.0. The summed E-state index contributed by atoms with van der Waals surface area (Å²) < 4.78 is 9.61. The van der Waals surface area contributed by atoms with Crippen LogP contribution in [0.3, 0.4) is 0 Å². The van der Waals surface area contributed by atoms with Crippen LogP contribution in [0.25, 0.3) is 6.08 Å². The average Bonchev–Trinajstić information content (AvgIpc) is 2.64. The molecule has 26 heavy (non-hydrogen) atoms. The van der Waals surface area contributed by atoms with Gasteiger partial charge in [-0.3, -0.25) is 4.79 Å². The van der Waals surface area contributed by atoms with Crippen LogP contribution < -0.4 is 0 Å². The number of hydrogen-bond acceptors (Lipinski definition) is 5. The number of aryl methyl sites for hydroxylation is 2. The number of carbonyl (C=O) groups is 3. The Morgan fingerprint density at radius 2 is 1.69 bits per heavy atom. The Morgan fingerprint density at radius 3 is 2.31 bits per heavy atom. The topological polar surface area (TPSA) is 69.7 Å². The largest absolute Gasteiger partial charge is 0.465 e. The van der Waals surface area contributed by atoms with Crippen molar-refractivity contribution < 1.29 is 23.9 Å². The highest BCUT2D eigenvalue weighted by Crippen LogP contribution is 2.12. The number of carbonyl (C=O) groups excluding carboxylic acids is 3. The predicted octanol–water partition coefficient (Wildman–Crippen LogP) is 3.53. The molecule has 0 saturated carbocycles. The van der Waals surface area contributed by atoms with Crippen molar-refractivity contribution in [2.45, 2.75) is 13.8 Å². The highest BCUT2D eigenvalue weighted by Gasteiger charge is 2.11. The van der Waals surface area contributed by atoms with Crippen molar-refractivity contribution in [1.29, 1.82) is 0 Å². The van der Waals surface area contributed by atoms with Crippen LogP contribution in [0.5, 0.6) is 0 Å². The van der Waals surface area contributed by atoms with E-state index >= 15 is 0 Å². The van der Waals surface area contributed by atoms with Gasteiger partial charge in [0.1, 0.15) is 0 Å². The smallest absolute Gasteiger partial charge is 0.337 e. The summed E-state index contributed by atoms with van der Waals surface area (Å²) in [6, 6.07) is 12.0. The van der Waals surface area contributed by atoms with E-state index in [9.17, 15) is 14.4 Å². The summed E-state index contributed by atoms with van der Waals surface area (Å²) in [4.78, 5) is 35.3. The maximum absolute atomic E-state index is 12.1. The molecule has 0 atom stereocenters. The molecule has 0 unspecified atom stereocenters. The van der Waals surface area contributed by atoms with Gasteiger partial charge in [-0.05, 0) is 43.2 Å². The van der Waals surface area contributed by atoms with Gasteiger partial charge >= 0.3 is 11.9 Å². The van der Waals surface area contributed by atoms with Crippen molar-refractivity contribution >= 4 is 23.8 Å². The second-order valence-electron chi connectivity index (χ2n) is 5.80. The minimum atomic E-state index is -0.611. The third-order valence-corrected chi connectivity index (χ3v) is 3.77. The number of methoxy groups -OCH3 is 1. The molecule has 0 amide bonds. The van der Waals surface area contributed by atoms with Crippen LogP contribution in [0.2, 0.25) is 0 Å². The van der Waals surface area contributed by atoms with Gasteiger partial charge in [0.25, 0.3) is 0 Å². The molecule has 0 fully saturated rings. The van der Waals surface area contributed by atoms with Crippen LogP contribution in [0.1, 0.15) is 37.4 Å². The number of ketones is 1. The minimum absolute atomic E-state index is 0.244. The predicted molar refractivity (Wildman–Crippen MR) is 98.0 cm³/mol. The highest BCUT2D eigenvalue weighted by molar-refractivity contribution is 6.00. The molecule has 134 valence electrons. The van der Waals surface area contributed by atoms with Crippen LogP contribution in [0.4, 0.5) is 0 Å². The fourth-order valence-electron chi connectivity index (χ4n) is 2.40. The van der Waals surface area contributed by atoms with Crippen molar-refractivity contribution in [3.8, 4) is 0 Å². The third-order valence-electron chi connectivity index (χ3n) is 3.77. The fraction of sp³-hybridized carbons (Fsp3) is 0.190. The lowest BCUT2D eigenvalue weighted by Crippen LogP contribution is -2.13. The van der Waals surface area contributed by atoms with E-state index in [4.69, 9.17) is 4.74 Å². The quantitative estimate of drug-likeness (QED) is 0.452. The van der Waals surface area contributed by atoms with Gasteiger partial charge in [-0.1, -0.05) is 35.9 Å². The second-order valence-corrected chi connectivity index (χ2v) is 5.80. The molecule has 0 aliphatic heterocycles. The molecular formula is C21H20O5. The summed E-state index contributed by atoms with van der Waals surface area (Å²) in [6.07, 6.45) is 2.79. The number of rotatable bonds is 6. The van der Waals surface area contributed by atoms with E-state index in [2.05, 4.69) is 4.74 Å². The molecule has 0 N–H and O–H groups in total. The Hall–Kier alpha value is -3.21. The molecule has 0 bridgehead atoms. The van der Waals surface area contributed by atoms with E-state index in [1.54, 1.807) is 36.4 Å². The molecule has 5 nitrogen and oxygen atoms in total. The monoisotopic (exact) mass is 352 g/mol. The first-order chi connectivity index (χ1) is 12.4. The van der Waals surface area contributed by atoms with Gasteiger partial charge in [-0.2, -0.15) is 0 Å². The molecule has 0 saturated heterocycles. The summed E-state index contributed by atoms with van der Waals surface area (Å²) in [5, 5.41) is 0. The molecule has 0 spiro atoms. The van der Waals surface area contributed by atoms with E-state index in [1.807, 2.05) is 26.0 Å². The van der Waals surface area contributed by atoms with Gasteiger partial charge in [0.2, 0.25) is 5.78 Å². The normalized spacial score (nSPS) is 10.6. The van der Waals surface area contributed by atoms with Crippen molar-refractivity contribution in [1.82, 2.24) is 0 Å². The van der Waals surface area contributed by atoms with Crippen molar-refractivity contribution in [2.75, 3.05) is 13.7 Å². The van der Waals surface area contributed by atoms with Gasteiger partial charge in [0, 0.05) is 11.6 Å². The zero-order valence-electron chi connectivity index (χ0n) is 14.9. The number of ether oxygens (including phenoxy) is 2. The zero-order valence-corrected chi connectivity index (χ0v) is 14.9. The summed E-state index contributed by atoms with van der Waals surface area (Å²) in [5.74, 6) is -1.28. The lowest BCUT2D eigenvalue weighted by molar-refractivity contribution is -0.136. The van der Waals surface area contributed by atoms with E-state index in [0.29, 0.717) is 11.1 Å². The first-order valence-electron chi connectivity index (χ1n) is 8.04. The second kappa shape index (κ2) is 8.76. The van der Waals surface area contributed by atoms with Gasteiger partial charge in [0.05, 0.1) is 12.7 Å². The minimum Gasteiger partial charge on any atom is -0.465 e. The van der Waals surface area contributed by atoms with Gasteiger partial charge in [-0.15, -0.1) is 0 Å². The van der Waals surface area contributed by atoms with Crippen LogP contribution in [-0.2, 0) is 14.3 Å². The molecule has 2 rings (SSSR count). The molecular weight excluding hydrogens is 332 g/mol. The Bertz CT molecular complexity index is 847. The summed E-state index contributed by atoms with van der Waals surface area (Å²) in [7, 11) is 1.31. The molecule has 0 aliphatic rings. The first kappa shape index (κ1) is 19.1. The Labute approximate surface area is 152 Å². The third kappa shape index (κ3) is 5.14. The van der Waals surface area contributed by atoms with E-state index in [-0.39, 0.29) is 12.4 Å². The van der Waals surface area contributed by atoms with Crippen LogP contribution in [0, 0.1) is 13.8 Å². The molecule has 0 aliphatic carbocycles. The Balaban J connectivity index is 1.91. The summed E-state index contributed by atoms with van der Waals surface area (Å²) >= 11 is 0. The summed E-state index contributed by atoms with van der Waals surface area (Å²) in [5.41, 5.74) is 3.61. The first-order valence-corrected chi connectivity index (χ1v) is 8.04. The van der Waals surface area contributed by atoms with Crippen molar-refractivity contribution in [2.24, 2.45) is 0 Å². The van der Waals surface area contributed by atoms with E-state index in [0.717, 1.165) is 16.7 Å². The SMILES string of the molecule is COC(=O)c1ccc(/C=C/C(=O)OCC(=O)c2ccc(C)cc2C)cc1. The number of esters is 2. The number of benzene rings is 2. The lowest BCUT2D eigenvalue weighted by Gasteiger charge is -2.06. The Kier molecular flexibility index (Phi) is 6.44. The number of Topliss-reactive ketones (excluding diaryl/α,β-unsaturated/α-hetero) is 1. The van der Waals surface area contributed by atoms with Crippen LogP contribution in [0.15, 0.2) is 48.5 Å². The molecule has 0 radical (unpaired) electrons. The molecule has 5 heteroatoms. The molecule has 0 heterocycles. The zero-order chi connectivity index (χ0) is 19.1. The average molecular weight is 352 g/mol. The molecule has 2 aromatic carbocycles. The fourth-order valence-corrected chi connectivity index (χ4v) is 2.40. The maximum atomic E-state index is 12.1. The van der Waals surface area contributed by atoms with Gasteiger partial charge in [0.15, 0.2) is 6.61 Å². The molecule has 0 aromatic heterocycles. The van der Waals surface area contributed by atoms with Crippen LogP contribution in [-0.4, -0.2) is 31.4 Å². The van der Waals surface area contributed by atoms with Crippen LogP contribution >= 0.6 is 0 Å². The highest BCUT2D eigenvalue weighted by atomic mass is 16.5. The van der Waals surface area contributed by atoms with Crippen molar-refractivity contribution in [3.05, 3.63) is 76.4 Å². The van der Waals surface area contributed by atoms with Gasteiger partial charge in [-0.25, -0.2) is 9.59 Å². The Morgan fingerprint density at radius 1 is 1.00 bits per heavy atom.